The molecule has 0 radical (unpaired) electrons. The summed E-state index contributed by atoms with van der Waals surface area (Å²) in [5.74, 6) is 0. The van der Waals surface area contributed by atoms with Crippen LogP contribution in [-0.2, 0) is 16.6 Å². The van der Waals surface area contributed by atoms with E-state index >= 15 is 0 Å². The van der Waals surface area contributed by atoms with E-state index in [1.807, 2.05) is 19.1 Å². The summed E-state index contributed by atoms with van der Waals surface area (Å²) in [7, 11) is -3.56. The summed E-state index contributed by atoms with van der Waals surface area (Å²) in [6.45, 7) is 2.54. The molecule has 2 aromatic rings. The van der Waals surface area contributed by atoms with E-state index in [2.05, 4.69) is 20.9 Å². The lowest BCUT2D eigenvalue weighted by Gasteiger charge is -2.19. The Kier molecular flexibility index (Phi) is 5.19. The van der Waals surface area contributed by atoms with Crippen molar-refractivity contribution >= 4 is 48.9 Å². The van der Waals surface area contributed by atoms with Gasteiger partial charge >= 0.3 is 0 Å². The Balaban J connectivity index is 2.30. The van der Waals surface area contributed by atoms with E-state index in [1.165, 1.54) is 34.0 Å². The van der Waals surface area contributed by atoms with Crippen molar-refractivity contribution in [3.05, 3.63) is 44.3 Å². The highest BCUT2D eigenvalue weighted by Gasteiger charge is 2.24. The third kappa shape index (κ3) is 3.59. The summed E-state index contributed by atoms with van der Waals surface area (Å²) in [4.78, 5) is 4.94. The first kappa shape index (κ1) is 15.9. The first-order valence-corrected chi connectivity index (χ1v) is 9.22. The second kappa shape index (κ2) is 6.53. The van der Waals surface area contributed by atoms with Crippen LogP contribution in [0, 0.1) is 0 Å². The van der Waals surface area contributed by atoms with Crippen molar-refractivity contribution in [2.75, 3.05) is 6.54 Å². The highest BCUT2D eigenvalue weighted by Crippen LogP contribution is 2.26. The Hall–Kier alpha value is -0.470. The highest BCUT2D eigenvalue weighted by molar-refractivity contribution is 9.11. The molecule has 8 heteroatoms. The van der Waals surface area contributed by atoms with Crippen molar-refractivity contribution in [3.63, 3.8) is 0 Å². The number of nitrogens with zero attached hydrogens (tertiary/aromatic N) is 2. The van der Waals surface area contributed by atoms with Crippen molar-refractivity contribution in [2.24, 2.45) is 0 Å². The van der Waals surface area contributed by atoms with Gasteiger partial charge in [0, 0.05) is 24.2 Å². The fourth-order valence-electron chi connectivity index (χ4n) is 1.67. The van der Waals surface area contributed by atoms with Crippen LogP contribution < -0.4 is 0 Å². The molecule has 0 bridgehead atoms. The molecule has 2 aromatic heterocycles. The van der Waals surface area contributed by atoms with Gasteiger partial charge in [-0.2, -0.15) is 4.31 Å². The number of halogens is 2. The number of rotatable bonds is 5. The minimum absolute atomic E-state index is 0.162. The van der Waals surface area contributed by atoms with Gasteiger partial charge < -0.3 is 0 Å². The molecular weight excluding hydrogens is 384 g/mol. The van der Waals surface area contributed by atoms with Crippen molar-refractivity contribution in [2.45, 2.75) is 18.4 Å². The lowest BCUT2D eigenvalue weighted by atomic mass is 10.4. The number of aromatic nitrogens is 1. The zero-order valence-electron chi connectivity index (χ0n) is 10.6. The molecule has 0 spiro atoms. The minimum atomic E-state index is -3.56. The molecule has 20 heavy (non-hydrogen) atoms. The third-order valence-electron chi connectivity index (χ3n) is 2.65. The molecule has 0 aliphatic rings. The van der Waals surface area contributed by atoms with Crippen LogP contribution in [0.15, 0.2) is 39.1 Å². The Morgan fingerprint density at radius 2 is 2.15 bits per heavy atom. The minimum Gasteiger partial charge on any atom is -0.244 e. The van der Waals surface area contributed by atoms with Crippen molar-refractivity contribution < 1.29 is 8.42 Å². The maximum absolute atomic E-state index is 12.6. The average molecular weight is 396 g/mol. The van der Waals surface area contributed by atoms with Crippen LogP contribution in [0.5, 0.6) is 0 Å². The van der Waals surface area contributed by atoms with Crippen LogP contribution in [0.25, 0.3) is 0 Å². The van der Waals surface area contributed by atoms with E-state index in [0.29, 0.717) is 13.1 Å². The molecule has 0 N–H and O–H groups in total. The number of pyridine rings is 1. The maximum atomic E-state index is 12.6. The molecule has 2 rings (SSSR count). The molecule has 4 nitrogen and oxygen atoms in total. The van der Waals surface area contributed by atoms with E-state index in [9.17, 15) is 8.42 Å². The lowest BCUT2D eigenvalue weighted by Crippen LogP contribution is -2.30. The quantitative estimate of drug-likeness (QED) is 0.724. The lowest BCUT2D eigenvalue weighted by molar-refractivity contribution is 0.426. The van der Waals surface area contributed by atoms with E-state index in [-0.39, 0.29) is 10.0 Å². The molecule has 0 atom stereocenters. The van der Waals surface area contributed by atoms with Gasteiger partial charge in [-0.1, -0.05) is 18.5 Å². The molecule has 0 aromatic carbocycles. The van der Waals surface area contributed by atoms with Crippen LogP contribution >= 0.6 is 38.9 Å². The number of hydrogen-bond acceptors (Lipinski definition) is 4. The van der Waals surface area contributed by atoms with Gasteiger partial charge in [-0.3, -0.25) is 0 Å². The van der Waals surface area contributed by atoms with Gasteiger partial charge in [0.05, 0.1) is 8.68 Å². The fraction of sp³-hybridized carbons (Fsp3) is 0.250. The van der Waals surface area contributed by atoms with Crippen LogP contribution in [0.3, 0.4) is 0 Å². The van der Waals surface area contributed by atoms with E-state index < -0.39 is 10.0 Å². The van der Waals surface area contributed by atoms with Gasteiger partial charge in [0.2, 0.25) is 10.0 Å². The SMILES string of the molecule is CCN(Cc1ccc(Br)s1)S(=O)(=O)c1ccnc(Cl)c1. The predicted octanol–water partition coefficient (Wildman–Crippen LogP) is 3.77. The van der Waals surface area contributed by atoms with Crippen LogP contribution in [-0.4, -0.2) is 24.3 Å². The standard InChI is InChI=1S/C12H12BrClN2O2S2/c1-2-16(8-9-3-4-11(13)19-9)20(17,18)10-5-6-15-12(14)7-10/h3-7H,2,8H2,1H3. The number of thiophene rings is 1. The van der Waals surface area contributed by atoms with Gasteiger partial charge in [0.1, 0.15) is 5.15 Å². The molecule has 0 fully saturated rings. The fourth-order valence-corrected chi connectivity index (χ4v) is 4.93. The summed E-state index contributed by atoms with van der Waals surface area (Å²) in [6.07, 6.45) is 1.39. The zero-order valence-corrected chi connectivity index (χ0v) is 14.6. The number of hydrogen-bond donors (Lipinski definition) is 0. The van der Waals surface area contributed by atoms with Crippen molar-refractivity contribution in [1.29, 1.82) is 0 Å². The third-order valence-corrected chi connectivity index (χ3v) is 6.38. The summed E-state index contributed by atoms with van der Waals surface area (Å²) < 4.78 is 27.5. The van der Waals surface area contributed by atoms with E-state index in [4.69, 9.17) is 11.6 Å². The molecule has 0 amide bonds. The molecule has 0 aliphatic heterocycles. The summed E-state index contributed by atoms with van der Waals surface area (Å²) in [5, 5.41) is 0.168. The monoisotopic (exact) mass is 394 g/mol. The van der Waals surface area contributed by atoms with Crippen molar-refractivity contribution in [3.8, 4) is 0 Å². The van der Waals surface area contributed by atoms with E-state index in [1.54, 1.807) is 0 Å². The second-order valence-corrected chi connectivity index (χ2v) is 8.82. The molecular formula is C12H12BrClN2O2S2. The highest BCUT2D eigenvalue weighted by atomic mass is 79.9. The Morgan fingerprint density at radius 3 is 2.70 bits per heavy atom. The molecule has 0 unspecified atom stereocenters. The van der Waals surface area contributed by atoms with Gasteiger partial charge in [-0.05, 0) is 40.2 Å². The molecule has 108 valence electrons. The molecule has 0 saturated carbocycles. The topological polar surface area (TPSA) is 50.3 Å². The second-order valence-electron chi connectivity index (χ2n) is 3.95. The van der Waals surface area contributed by atoms with Gasteiger partial charge in [-0.15, -0.1) is 11.3 Å². The van der Waals surface area contributed by atoms with Crippen LogP contribution in [0.2, 0.25) is 5.15 Å². The molecule has 0 saturated heterocycles. The maximum Gasteiger partial charge on any atom is 0.243 e. The van der Waals surface area contributed by atoms with Crippen LogP contribution in [0.1, 0.15) is 11.8 Å². The van der Waals surface area contributed by atoms with Gasteiger partial charge in [0.25, 0.3) is 0 Å². The normalized spacial score (nSPS) is 12.0. The van der Waals surface area contributed by atoms with Crippen LogP contribution in [0.4, 0.5) is 0 Å². The van der Waals surface area contributed by atoms with Crippen molar-refractivity contribution in [1.82, 2.24) is 9.29 Å². The van der Waals surface area contributed by atoms with E-state index in [0.717, 1.165) is 8.66 Å². The molecule has 2 heterocycles. The Morgan fingerprint density at radius 1 is 1.40 bits per heavy atom. The predicted molar refractivity (Wildman–Crippen MR) is 84.5 cm³/mol. The summed E-state index contributed by atoms with van der Waals surface area (Å²) in [6, 6.07) is 6.63. The largest absolute Gasteiger partial charge is 0.244 e. The zero-order chi connectivity index (χ0) is 14.8. The summed E-state index contributed by atoms with van der Waals surface area (Å²) >= 11 is 10.7. The Bertz CT molecular complexity index is 703. The van der Waals surface area contributed by atoms with Gasteiger partial charge in [0.15, 0.2) is 0 Å². The summed E-state index contributed by atoms with van der Waals surface area (Å²) in [5.41, 5.74) is 0. The average Bonchev–Trinajstić information content (AvgIpc) is 2.81. The smallest absolute Gasteiger partial charge is 0.243 e. The molecule has 0 aliphatic carbocycles. The first-order valence-electron chi connectivity index (χ1n) is 5.79. The Labute approximate surface area is 135 Å². The number of sulfonamides is 1. The van der Waals surface area contributed by atoms with Gasteiger partial charge in [-0.25, -0.2) is 13.4 Å². The first-order chi connectivity index (χ1) is 9.43.